The lowest BCUT2D eigenvalue weighted by Gasteiger charge is -2.41. The molecule has 112 valence electrons. The number of carbonyl (C=O) groups excluding carboxylic acids is 1. The van der Waals surface area contributed by atoms with Gasteiger partial charge in [-0.25, -0.2) is 9.59 Å². The van der Waals surface area contributed by atoms with Gasteiger partial charge in [-0.15, -0.1) is 11.8 Å². The molecule has 20 heavy (non-hydrogen) atoms. The van der Waals surface area contributed by atoms with Crippen molar-refractivity contribution in [3.05, 3.63) is 0 Å². The number of fused-ring (bicyclic) bond motifs is 1. The largest absolute Gasteiger partial charge is 0.480 e. The monoisotopic (exact) mass is 300 g/mol. The van der Waals surface area contributed by atoms with Gasteiger partial charge in [0.1, 0.15) is 6.04 Å². The third-order valence-corrected chi connectivity index (χ3v) is 5.67. The fraction of sp³-hybridized carbons (Fsp3) is 0.846. The Morgan fingerprint density at radius 1 is 1.35 bits per heavy atom. The summed E-state index contributed by atoms with van der Waals surface area (Å²) >= 11 is 1.53. The van der Waals surface area contributed by atoms with Gasteiger partial charge < -0.3 is 14.7 Å². The van der Waals surface area contributed by atoms with Crippen molar-refractivity contribution in [2.45, 2.75) is 49.7 Å². The molecule has 0 radical (unpaired) electrons. The molecule has 1 aliphatic carbocycles. The number of thioether (sulfide) groups is 1. The van der Waals surface area contributed by atoms with Crippen LogP contribution in [-0.2, 0) is 9.53 Å². The van der Waals surface area contributed by atoms with Crippen molar-refractivity contribution in [1.29, 1.82) is 0 Å². The first-order chi connectivity index (χ1) is 9.59. The van der Waals surface area contributed by atoms with E-state index in [9.17, 15) is 14.7 Å². The lowest BCUT2D eigenvalue weighted by Crippen LogP contribution is -2.58. The normalized spacial score (nSPS) is 37.0. The van der Waals surface area contributed by atoms with Gasteiger partial charge in [-0.2, -0.15) is 0 Å². The Hall–Kier alpha value is -0.950. The summed E-state index contributed by atoms with van der Waals surface area (Å²) in [6, 6.07) is -0.705. The zero-order valence-corrected chi connectivity index (χ0v) is 12.3. The Bertz CT molecular complexity index is 419. The molecule has 2 saturated heterocycles. The van der Waals surface area contributed by atoms with Crippen LogP contribution in [0.1, 0.15) is 26.2 Å². The van der Waals surface area contributed by atoms with E-state index in [1.165, 1.54) is 16.7 Å². The van der Waals surface area contributed by atoms with Crippen molar-refractivity contribution >= 4 is 23.8 Å². The number of rotatable bonds is 1. The first kappa shape index (κ1) is 14.0. The smallest absolute Gasteiger partial charge is 0.327 e. The van der Waals surface area contributed by atoms with Crippen LogP contribution in [0, 0.1) is 0 Å². The SMILES string of the molecule is CC1SCC(C(=O)O)N1C(=O)N1CCOC2CCCC21. The van der Waals surface area contributed by atoms with Crippen LogP contribution in [0.4, 0.5) is 4.79 Å². The number of carbonyl (C=O) groups is 2. The summed E-state index contributed by atoms with van der Waals surface area (Å²) in [5, 5.41) is 9.21. The molecule has 0 aromatic rings. The van der Waals surface area contributed by atoms with E-state index in [-0.39, 0.29) is 23.6 Å². The summed E-state index contributed by atoms with van der Waals surface area (Å²) in [4.78, 5) is 27.5. The van der Waals surface area contributed by atoms with Gasteiger partial charge in [0.05, 0.1) is 24.1 Å². The van der Waals surface area contributed by atoms with E-state index >= 15 is 0 Å². The van der Waals surface area contributed by atoms with Crippen molar-refractivity contribution in [1.82, 2.24) is 9.80 Å². The third kappa shape index (κ3) is 2.26. The Kier molecular flexibility index (Phi) is 3.81. The minimum absolute atomic E-state index is 0.0775. The van der Waals surface area contributed by atoms with Crippen LogP contribution in [0.5, 0.6) is 0 Å². The summed E-state index contributed by atoms with van der Waals surface area (Å²) in [5.41, 5.74) is 0. The van der Waals surface area contributed by atoms with Crippen LogP contribution in [0.2, 0.25) is 0 Å². The van der Waals surface area contributed by atoms with Crippen LogP contribution >= 0.6 is 11.8 Å². The predicted octanol–water partition coefficient (Wildman–Crippen LogP) is 1.21. The molecule has 2 aliphatic heterocycles. The molecule has 0 bridgehead atoms. The molecule has 0 aromatic carbocycles. The number of hydrogen-bond donors (Lipinski definition) is 1. The third-order valence-electron chi connectivity index (χ3n) is 4.46. The summed E-state index contributed by atoms with van der Waals surface area (Å²) in [6.45, 7) is 3.03. The Morgan fingerprint density at radius 3 is 2.90 bits per heavy atom. The number of carboxylic acids is 1. The number of hydrogen-bond acceptors (Lipinski definition) is 4. The summed E-state index contributed by atoms with van der Waals surface area (Å²) < 4.78 is 5.71. The number of ether oxygens (including phenoxy) is 1. The van der Waals surface area contributed by atoms with Crippen molar-refractivity contribution in [3.8, 4) is 0 Å². The molecule has 0 aromatic heterocycles. The number of urea groups is 1. The average molecular weight is 300 g/mol. The molecule has 3 aliphatic rings. The highest BCUT2D eigenvalue weighted by Gasteiger charge is 2.45. The zero-order valence-electron chi connectivity index (χ0n) is 11.5. The maximum atomic E-state index is 12.8. The average Bonchev–Trinajstić information content (AvgIpc) is 3.03. The quantitative estimate of drug-likeness (QED) is 0.788. The number of amides is 2. The van der Waals surface area contributed by atoms with E-state index in [4.69, 9.17) is 4.74 Å². The molecule has 4 atom stereocenters. The number of morpholine rings is 1. The van der Waals surface area contributed by atoms with Crippen molar-refractivity contribution in [2.24, 2.45) is 0 Å². The number of aliphatic carboxylic acids is 1. The van der Waals surface area contributed by atoms with E-state index in [1.54, 1.807) is 0 Å². The molecule has 2 heterocycles. The number of carboxylic acid groups (broad SMARTS) is 1. The lowest BCUT2D eigenvalue weighted by molar-refractivity contribution is -0.141. The highest BCUT2D eigenvalue weighted by molar-refractivity contribution is 8.00. The van der Waals surface area contributed by atoms with E-state index in [0.29, 0.717) is 18.9 Å². The first-order valence-corrected chi connectivity index (χ1v) is 8.19. The number of nitrogens with zero attached hydrogens (tertiary/aromatic N) is 2. The maximum Gasteiger partial charge on any atom is 0.327 e. The fourth-order valence-electron chi connectivity index (χ4n) is 3.43. The molecular formula is C13H20N2O4S. The lowest BCUT2D eigenvalue weighted by atomic mass is 10.1. The van der Waals surface area contributed by atoms with Crippen molar-refractivity contribution in [3.63, 3.8) is 0 Å². The molecule has 4 unspecified atom stereocenters. The Labute approximate surface area is 122 Å². The van der Waals surface area contributed by atoms with Gasteiger partial charge >= 0.3 is 12.0 Å². The first-order valence-electron chi connectivity index (χ1n) is 7.14. The molecule has 2 amide bonds. The van der Waals surface area contributed by atoms with Gasteiger partial charge in [0.15, 0.2) is 0 Å². The topological polar surface area (TPSA) is 70.1 Å². The van der Waals surface area contributed by atoms with E-state index < -0.39 is 12.0 Å². The summed E-state index contributed by atoms with van der Waals surface area (Å²) in [6.07, 6.45) is 3.18. The molecule has 3 fully saturated rings. The zero-order chi connectivity index (χ0) is 14.3. The standard InChI is InChI=1S/C13H20N2O4S/c1-8-15(10(7-20-8)12(16)17)13(18)14-5-6-19-11-4-2-3-9(11)14/h8-11H,2-7H2,1H3,(H,16,17). The summed E-state index contributed by atoms with van der Waals surface area (Å²) in [7, 11) is 0. The van der Waals surface area contributed by atoms with Crippen molar-refractivity contribution < 1.29 is 19.4 Å². The molecule has 7 heteroatoms. The maximum absolute atomic E-state index is 12.8. The summed E-state index contributed by atoms with van der Waals surface area (Å²) in [5.74, 6) is -0.438. The second kappa shape index (κ2) is 5.44. The van der Waals surface area contributed by atoms with Gasteiger partial charge in [0, 0.05) is 12.3 Å². The Balaban J connectivity index is 1.78. The molecule has 3 rings (SSSR count). The molecule has 6 nitrogen and oxygen atoms in total. The van der Waals surface area contributed by atoms with Crippen LogP contribution in [0.15, 0.2) is 0 Å². The minimum atomic E-state index is -0.911. The second-order valence-corrected chi connectivity index (χ2v) is 6.93. The van der Waals surface area contributed by atoms with Crippen LogP contribution in [0.25, 0.3) is 0 Å². The predicted molar refractivity (Wildman–Crippen MR) is 74.7 cm³/mol. The molecular weight excluding hydrogens is 280 g/mol. The van der Waals surface area contributed by atoms with Crippen LogP contribution < -0.4 is 0 Å². The Morgan fingerprint density at radius 2 is 2.15 bits per heavy atom. The van der Waals surface area contributed by atoms with Gasteiger partial charge in [-0.3, -0.25) is 4.90 Å². The van der Waals surface area contributed by atoms with E-state index in [0.717, 1.165) is 19.3 Å². The van der Waals surface area contributed by atoms with Gasteiger partial charge in [-0.05, 0) is 26.2 Å². The van der Waals surface area contributed by atoms with E-state index in [2.05, 4.69) is 0 Å². The van der Waals surface area contributed by atoms with Crippen molar-refractivity contribution in [2.75, 3.05) is 18.9 Å². The molecule has 0 spiro atoms. The second-order valence-electron chi connectivity index (χ2n) is 5.58. The highest BCUT2D eigenvalue weighted by Crippen LogP contribution is 2.34. The fourth-order valence-corrected chi connectivity index (χ4v) is 4.60. The van der Waals surface area contributed by atoms with Crippen LogP contribution in [-0.4, -0.2) is 69.4 Å². The van der Waals surface area contributed by atoms with Crippen LogP contribution in [0.3, 0.4) is 0 Å². The highest BCUT2D eigenvalue weighted by atomic mass is 32.2. The molecule has 1 N–H and O–H groups in total. The van der Waals surface area contributed by atoms with E-state index in [1.807, 2.05) is 11.8 Å². The van der Waals surface area contributed by atoms with Gasteiger partial charge in [0.2, 0.25) is 0 Å². The van der Waals surface area contributed by atoms with Gasteiger partial charge in [-0.1, -0.05) is 0 Å². The molecule has 1 saturated carbocycles. The minimum Gasteiger partial charge on any atom is -0.480 e. The van der Waals surface area contributed by atoms with Gasteiger partial charge in [0.25, 0.3) is 0 Å².